The van der Waals surface area contributed by atoms with Crippen molar-refractivity contribution in [3.05, 3.63) is 56.9 Å². The summed E-state index contributed by atoms with van der Waals surface area (Å²) in [4.78, 5) is 16.7. The first-order valence-electron chi connectivity index (χ1n) is 9.88. The number of nitrogens with zero attached hydrogens (tertiary/aromatic N) is 1. The molecule has 148 valence electrons. The van der Waals surface area contributed by atoms with Crippen molar-refractivity contribution in [2.24, 2.45) is 0 Å². The first-order chi connectivity index (χ1) is 13.6. The number of hydrogen-bond donors (Lipinski definition) is 1. The molecule has 2 aromatic heterocycles. The summed E-state index contributed by atoms with van der Waals surface area (Å²) >= 11 is 7.85. The number of benzene rings is 1. The van der Waals surface area contributed by atoms with Crippen LogP contribution in [0.25, 0.3) is 11.0 Å². The van der Waals surface area contributed by atoms with Crippen molar-refractivity contribution in [3.63, 3.8) is 0 Å². The predicted molar refractivity (Wildman–Crippen MR) is 115 cm³/mol. The van der Waals surface area contributed by atoms with Crippen LogP contribution in [0.2, 0.25) is 5.02 Å². The fourth-order valence-corrected chi connectivity index (χ4v) is 5.01. The van der Waals surface area contributed by atoms with Gasteiger partial charge in [0.25, 0.3) is 5.91 Å². The molecule has 4 rings (SSSR count). The second-order valence-electron chi connectivity index (χ2n) is 7.39. The van der Waals surface area contributed by atoms with Gasteiger partial charge in [0.2, 0.25) is 0 Å². The van der Waals surface area contributed by atoms with Crippen molar-refractivity contribution in [3.8, 4) is 0 Å². The Morgan fingerprint density at radius 3 is 2.75 bits per heavy atom. The van der Waals surface area contributed by atoms with E-state index < -0.39 is 0 Å². The highest BCUT2D eigenvalue weighted by Gasteiger charge is 2.24. The fourth-order valence-electron chi connectivity index (χ4n) is 3.98. The summed E-state index contributed by atoms with van der Waals surface area (Å²) in [6.45, 7) is 4.65. The zero-order valence-corrected chi connectivity index (χ0v) is 17.6. The molecule has 0 spiro atoms. The minimum Gasteiger partial charge on any atom is -0.451 e. The van der Waals surface area contributed by atoms with E-state index in [1.54, 1.807) is 17.4 Å². The fraction of sp³-hybridized carbons (Fsp3) is 0.409. The lowest BCUT2D eigenvalue weighted by molar-refractivity contribution is 0.0907. The quantitative estimate of drug-likeness (QED) is 0.571. The predicted octanol–water partition coefficient (Wildman–Crippen LogP) is 5.80. The number of halogens is 1. The Bertz CT molecular complexity index is 943. The molecule has 0 radical (unpaired) electrons. The van der Waals surface area contributed by atoms with Crippen molar-refractivity contribution in [2.75, 3.05) is 19.6 Å². The van der Waals surface area contributed by atoms with E-state index in [0.717, 1.165) is 24.0 Å². The average molecular weight is 417 g/mol. The van der Waals surface area contributed by atoms with Crippen LogP contribution in [-0.2, 0) is 0 Å². The molecule has 0 saturated carbocycles. The summed E-state index contributed by atoms with van der Waals surface area (Å²) in [5.74, 6) is 0.208. The zero-order valence-electron chi connectivity index (χ0n) is 16.0. The third kappa shape index (κ3) is 4.12. The van der Waals surface area contributed by atoms with Crippen molar-refractivity contribution in [2.45, 2.75) is 38.6 Å². The number of fused-ring (bicyclic) bond motifs is 1. The van der Waals surface area contributed by atoms with E-state index in [1.807, 2.05) is 19.1 Å². The monoisotopic (exact) mass is 416 g/mol. The smallest absolute Gasteiger partial charge is 0.287 e. The van der Waals surface area contributed by atoms with Gasteiger partial charge < -0.3 is 9.73 Å². The number of carbonyl (C=O) groups is 1. The molecule has 1 aromatic carbocycles. The highest BCUT2D eigenvalue weighted by molar-refractivity contribution is 7.10. The summed E-state index contributed by atoms with van der Waals surface area (Å²) in [7, 11) is 0. The van der Waals surface area contributed by atoms with Crippen LogP contribution in [-0.4, -0.2) is 30.4 Å². The Morgan fingerprint density at radius 1 is 1.25 bits per heavy atom. The number of likely N-dealkylation sites (tertiary alicyclic amines) is 1. The Balaban J connectivity index is 1.52. The van der Waals surface area contributed by atoms with Gasteiger partial charge in [-0.3, -0.25) is 9.69 Å². The van der Waals surface area contributed by atoms with Crippen LogP contribution >= 0.6 is 22.9 Å². The molecule has 3 aromatic rings. The van der Waals surface area contributed by atoms with Crippen LogP contribution in [0, 0.1) is 6.92 Å². The molecule has 3 heterocycles. The minimum absolute atomic E-state index is 0.166. The molecule has 1 aliphatic heterocycles. The number of furan rings is 1. The zero-order chi connectivity index (χ0) is 19.5. The minimum atomic E-state index is -0.166. The maximum Gasteiger partial charge on any atom is 0.287 e. The molecule has 28 heavy (non-hydrogen) atoms. The van der Waals surface area contributed by atoms with Crippen LogP contribution in [0.15, 0.2) is 40.1 Å². The number of rotatable bonds is 5. The van der Waals surface area contributed by atoms with E-state index >= 15 is 0 Å². The van der Waals surface area contributed by atoms with Gasteiger partial charge in [0.05, 0.1) is 6.04 Å². The van der Waals surface area contributed by atoms with Gasteiger partial charge in [0.1, 0.15) is 5.58 Å². The molecule has 1 saturated heterocycles. The van der Waals surface area contributed by atoms with Gasteiger partial charge in [-0.1, -0.05) is 30.5 Å². The van der Waals surface area contributed by atoms with Crippen molar-refractivity contribution >= 4 is 39.8 Å². The molecular weight excluding hydrogens is 392 g/mol. The van der Waals surface area contributed by atoms with Gasteiger partial charge in [0, 0.05) is 27.4 Å². The number of carbonyl (C=O) groups excluding carboxylic acids is 1. The average Bonchev–Trinajstić information content (AvgIpc) is 3.23. The molecule has 1 fully saturated rings. The molecule has 1 N–H and O–H groups in total. The molecule has 4 nitrogen and oxygen atoms in total. The van der Waals surface area contributed by atoms with Gasteiger partial charge in [-0.15, -0.1) is 11.3 Å². The number of nitrogens with one attached hydrogen (secondary N) is 1. The van der Waals surface area contributed by atoms with E-state index in [0.29, 0.717) is 22.9 Å². The van der Waals surface area contributed by atoms with Gasteiger partial charge in [-0.25, -0.2) is 0 Å². The highest BCUT2D eigenvalue weighted by atomic mass is 35.5. The van der Waals surface area contributed by atoms with E-state index in [2.05, 4.69) is 27.7 Å². The van der Waals surface area contributed by atoms with Crippen LogP contribution in [0.1, 0.15) is 52.7 Å². The maximum absolute atomic E-state index is 12.9. The molecule has 1 atom stereocenters. The third-order valence-corrected chi connectivity index (χ3v) is 6.72. The van der Waals surface area contributed by atoms with Crippen LogP contribution in [0.3, 0.4) is 0 Å². The summed E-state index contributed by atoms with van der Waals surface area (Å²) < 4.78 is 5.82. The largest absolute Gasteiger partial charge is 0.451 e. The molecule has 1 amide bonds. The Hall–Kier alpha value is -1.82. The maximum atomic E-state index is 12.9. The van der Waals surface area contributed by atoms with E-state index in [4.69, 9.17) is 16.0 Å². The SMILES string of the molecule is Cc1c(C(=O)NCC(c2cccs2)N2CCCCCC2)oc2ccc(Cl)cc12. The normalized spacial score (nSPS) is 16.8. The van der Waals surface area contributed by atoms with Crippen molar-refractivity contribution in [1.29, 1.82) is 0 Å². The third-order valence-electron chi connectivity index (χ3n) is 5.51. The summed E-state index contributed by atoms with van der Waals surface area (Å²) in [5, 5.41) is 6.76. The number of hydrogen-bond acceptors (Lipinski definition) is 4. The summed E-state index contributed by atoms with van der Waals surface area (Å²) in [6, 6.07) is 9.90. The van der Waals surface area contributed by atoms with Crippen LogP contribution in [0.4, 0.5) is 0 Å². The molecule has 6 heteroatoms. The number of amides is 1. The molecule has 0 bridgehead atoms. The topological polar surface area (TPSA) is 45.5 Å². The second kappa shape index (κ2) is 8.68. The van der Waals surface area contributed by atoms with E-state index in [9.17, 15) is 4.79 Å². The summed E-state index contributed by atoms with van der Waals surface area (Å²) in [5.41, 5.74) is 1.52. The van der Waals surface area contributed by atoms with Gasteiger partial charge in [-0.05, 0) is 62.5 Å². The second-order valence-corrected chi connectivity index (χ2v) is 8.80. The number of aryl methyl sites for hydroxylation is 1. The van der Waals surface area contributed by atoms with Gasteiger partial charge in [-0.2, -0.15) is 0 Å². The van der Waals surface area contributed by atoms with E-state index in [-0.39, 0.29) is 11.9 Å². The lowest BCUT2D eigenvalue weighted by Gasteiger charge is -2.30. The van der Waals surface area contributed by atoms with Gasteiger partial charge in [0.15, 0.2) is 5.76 Å². The van der Waals surface area contributed by atoms with Crippen molar-refractivity contribution in [1.82, 2.24) is 10.2 Å². The lowest BCUT2D eigenvalue weighted by Crippen LogP contribution is -2.38. The molecular formula is C22H25ClN2O2S. The first kappa shape index (κ1) is 19.5. The molecule has 0 aliphatic carbocycles. The molecule has 1 aliphatic rings. The number of thiophene rings is 1. The Kier molecular flexibility index (Phi) is 6.04. The van der Waals surface area contributed by atoms with Gasteiger partial charge >= 0.3 is 0 Å². The van der Waals surface area contributed by atoms with E-state index in [1.165, 1.54) is 30.6 Å². The van der Waals surface area contributed by atoms with Crippen LogP contribution in [0.5, 0.6) is 0 Å². The highest BCUT2D eigenvalue weighted by Crippen LogP contribution is 2.29. The van der Waals surface area contributed by atoms with Crippen LogP contribution < -0.4 is 5.32 Å². The standard InChI is InChI=1S/C22H25ClN2O2S/c1-15-17-13-16(23)8-9-19(17)27-21(15)22(26)24-14-18(20-7-6-12-28-20)25-10-4-2-3-5-11-25/h6-9,12-13,18H,2-5,10-11,14H2,1H3,(H,24,26). The lowest BCUT2D eigenvalue weighted by atomic mass is 10.1. The molecule has 1 unspecified atom stereocenters. The Morgan fingerprint density at radius 2 is 2.04 bits per heavy atom. The first-order valence-corrected chi connectivity index (χ1v) is 11.1. The Labute approximate surface area is 174 Å². The summed E-state index contributed by atoms with van der Waals surface area (Å²) in [6.07, 6.45) is 5.03. The van der Waals surface area contributed by atoms with Crippen molar-refractivity contribution < 1.29 is 9.21 Å².